The molecule has 0 unspecified atom stereocenters. The fraction of sp³-hybridized carbons (Fsp3) is 0.500. The summed E-state index contributed by atoms with van der Waals surface area (Å²) in [5, 5.41) is 16.7. The number of nitrogens with zero attached hydrogens (tertiary/aromatic N) is 3. The topological polar surface area (TPSA) is 100 Å². The van der Waals surface area contributed by atoms with E-state index in [0.717, 1.165) is 12.8 Å². The third-order valence-corrected chi connectivity index (χ3v) is 2.99. The van der Waals surface area contributed by atoms with E-state index in [9.17, 15) is 14.9 Å². The number of rotatable bonds is 6. The summed E-state index contributed by atoms with van der Waals surface area (Å²) in [6, 6.07) is 3.17. The lowest BCUT2D eigenvalue weighted by Gasteiger charge is -2.18. The Morgan fingerprint density at radius 1 is 1.55 bits per heavy atom. The third kappa shape index (κ3) is 3.34. The minimum absolute atomic E-state index is 0.0392. The Morgan fingerprint density at radius 2 is 2.25 bits per heavy atom. The minimum Gasteiger partial charge on any atom is -0.373 e. The van der Waals surface area contributed by atoms with E-state index < -0.39 is 4.92 Å². The van der Waals surface area contributed by atoms with Gasteiger partial charge in [-0.25, -0.2) is 4.98 Å². The first-order chi connectivity index (χ1) is 9.51. The number of pyridine rings is 1. The van der Waals surface area contributed by atoms with Crippen molar-refractivity contribution in [2.45, 2.75) is 18.9 Å². The Morgan fingerprint density at radius 3 is 2.80 bits per heavy atom. The van der Waals surface area contributed by atoms with Gasteiger partial charge in [0.1, 0.15) is 5.82 Å². The first-order valence-corrected chi connectivity index (χ1v) is 6.35. The number of nitrogens with one attached hydrogen (secondary N) is 2. The van der Waals surface area contributed by atoms with E-state index >= 15 is 0 Å². The number of nitro groups is 1. The molecular weight excluding hydrogens is 262 g/mol. The van der Waals surface area contributed by atoms with Gasteiger partial charge in [-0.3, -0.25) is 14.9 Å². The first-order valence-electron chi connectivity index (χ1n) is 6.35. The number of hydrogen-bond donors (Lipinski definition) is 2. The molecule has 0 saturated heterocycles. The molecule has 1 aliphatic carbocycles. The summed E-state index contributed by atoms with van der Waals surface area (Å²) in [5.41, 5.74) is -0.120. The molecule has 20 heavy (non-hydrogen) atoms. The molecule has 1 aliphatic rings. The van der Waals surface area contributed by atoms with Crippen molar-refractivity contribution < 1.29 is 9.72 Å². The largest absolute Gasteiger partial charge is 0.373 e. The zero-order valence-electron chi connectivity index (χ0n) is 11.4. The van der Waals surface area contributed by atoms with Crippen molar-refractivity contribution in [3.63, 3.8) is 0 Å². The Balaban J connectivity index is 2.15. The van der Waals surface area contributed by atoms with E-state index in [1.54, 1.807) is 14.1 Å². The predicted octanol–water partition coefficient (Wildman–Crippen LogP) is 0.746. The maximum Gasteiger partial charge on any atom is 0.311 e. The highest BCUT2D eigenvalue weighted by Gasteiger charge is 2.25. The molecule has 1 saturated carbocycles. The van der Waals surface area contributed by atoms with Crippen LogP contribution in [0.15, 0.2) is 12.1 Å². The van der Waals surface area contributed by atoms with Crippen LogP contribution in [0.3, 0.4) is 0 Å². The minimum atomic E-state index is -0.503. The Hall–Kier alpha value is -2.38. The number of carbonyl (C=O) groups excluding carboxylic acids is 1. The second-order valence-corrected chi connectivity index (χ2v) is 4.74. The van der Waals surface area contributed by atoms with Gasteiger partial charge in [0.05, 0.1) is 11.5 Å². The maximum atomic E-state index is 11.7. The van der Waals surface area contributed by atoms with Crippen LogP contribution < -0.4 is 15.5 Å². The normalized spacial score (nSPS) is 13.7. The fourth-order valence-electron chi connectivity index (χ4n) is 1.79. The van der Waals surface area contributed by atoms with Crippen LogP contribution in [0.1, 0.15) is 12.8 Å². The van der Waals surface area contributed by atoms with Crippen LogP contribution >= 0.6 is 0 Å². The summed E-state index contributed by atoms with van der Waals surface area (Å²) >= 11 is 0. The van der Waals surface area contributed by atoms with Crippen molar-refractivity contribution >= 4 is 23.2 Å². The summed E-state index contributed by atoms with van der Waals surface area (Å²) in [7, 11) is 3.29. The monoisotopic (exact) mass is 279 g/mol. The van der Waals surface area contributed by atoms with E-state index in [1.165, 1.54) is 17.0 Å². The molecule has 1 amide bonds. The number of likely N-dealkylation sites (N-methyl/N-ethyl adjacent to an activating group) is 1. The highest BCUT2D eigenvalue weighted by atomic mass is 16.6. The molecule has 2 rings (SSSR count). The summed E-state index contributed by atoms with van der Waals surface area (Å²) in [5.74, 6) is 0.536. The molecule has 1 aromatic heterocycles. The van der Waals surface area contributed by atoms with Gasteiger partial charge in [-0.15, -0.1) is 0 Å². The van der Waals surface area contributed by atoms with Gasteiger partial charge in [0.15, 0.2) is 0 Å². The maximum absolute atomic E-state index is 11.7. The number of anilines is 2. The van der Waals surface area contributed by atoms with E-state index in [0.29, 0.717) is 5.82 Å². The van der Waals surface area contributed by atoms with Gasteiger partial charge in [-0.05, 0) is 18.9 Å². The van der Waals surface area contributed by atoms with Gasteiger partial charge in [0, 0.05) is 26.2 Å². The summed E-state index contributed by atoms with van der Waals surface area (Å²) < 4.78 is 0. The Kier molecular flexibility index (Phi) is 4.02. The van der Waals surface area contributed by atoms with Gasteiger partial charge < -0.3 is 15.5 Å². The molecular formula is C12H17N5O3. The van der Waals surface area contributed by atoms with E-state index in [-0.39, 0.29) is 30.0 Å². The van der Waals surface area contributed by atoms with Crippen molar-refractivity contribution in [1.29, 1.82) is 0 Å². The van der Waals surface area contributed by atoms with Crippen LogP contribution in [-0.4, -0.2) is 42.5 Å². The Labute approximate surface area is 116 Å². The molecule has 0 radical (unpaired) electrons. The number of amides is 1. The average Bonchev–Trinajstić information content (AvgIpc) is 3.21. The lowest BCUT2D eigenvalue weighted by molar-refractivity contribution is -0.384. The molecule has 0 atom stereocenters. The van der Waals surface area contributed by atoms with Crippen LogP contribution in [0.2, 0.25) is 0 Å². The van der Waals surface area contributed by atoms with E-state index in [4.69, 9.17) is 0 Å². The van der Waals surface area contributed by atoms with Crippen LogP contribution in [0, 0.1) is 10.1 Å². The van der Waals surface area contributed by atoms with Crippen LogP contribution in [0.4, 0.5) is 17.3 Å². The summed E-state index contributed by atoms with van der Waals surface area (Å²) in [6.45, 7) is 0.0392. The molecule has 0 aliphatic heterocycles. The number of hydrogen-bond acceptors (Lipinski definition) is 6. The SMILES string of the molecule is CNc1ccc([N+](=O)[O-])c(N(C)CC(=O)NC2CC2)n1. The van der Waals surface area contributed by atoms with Crippen LogP contribution in [0.25, 0.3) is 0 Å². The highest BCUT2D eigenvalue weighted by molar-refractivity contribution is 5.82. The lowest BCUT2D eigenvalue weighted by atomic mass is 10.3. The lowest BCUT2D eigenvalue weighted by Crippen LogP contribution is -2.36. The third-order valence-electron chi connectivity index (χ3n) is 2.99. The first kappa shape index (κ1) is 14.0. The molecule has 0 bridgehead atoms. The Bertz CT molecular complexity index is 530. The van der Waals surface area contributed by atoms with Crippen molar-refractivity contribution in [2.24, 2.45) is 0 Å². The predicted molar refractivity (Wildman–Crippen MR) is 74.9 cm³/mol. The van der Waals surface area contributed by atoms with Crippen molar-refractivity contribution in [1.82, 2.24) is 10.3 Å². The van der Waals surface area contributed by atoms with Crippen molar-refractivity contribution in [3.8, 4) is 0 Å². The van der Waals surface area contributed by atoms with Gasteiger partial charge >= 0.3 is 5.69 Å². The molecule has 0 aromatic carbocycles. The zero-order chi connectivity index (χ0) is 14.7. The molecule has 0 spiro atoms. The highest BCUT2D eigenvalue weighted by Crippen LogP contribution is 2.26. The summed E-state index contributed by atoms with van der Waals surface area (Å²) in [6.07, 6.45) is 2.01. The van der Waals surface area contributed by atoms with E-state index in [2.05, 4.69) is 15.6 Å². The van der Waals surface area contributed by atoms with Gasteiger partial charge in [-0.1, -0.05) is 0 Å². The van der Waals surface area contributed by atoms with Crippen molar-refractivity contribution in [2.75, 3.05) is 30.9 Å². The van der Waals surface area contributed by atoms with Gasteiger partial charge in [0.25, 0.3) is 0 Å². The molecule has 1 aromatic rings. The number of aromatic nitrogens is 1. The number of carbonyl (C=O) groups is 1. The molecule has 108 valence electrons. The fourth-order valence-corrected chi connectivity index (χ4v) is 1.79. The van der Waals surface area contributed by atoms with Gasteiger partial charge in [-0.2, -0.15) is 0 Å². The zero-order valence-corrected chi connectivity index (χ0v) is 11.4. The van der Waals surface area contributed by atoms with Crippen molar-refractivity contribution in [3.05, 3.63) is 22.2 Å². The standard InChI is InChI=1S/C12H17N5O3/c1-13-10-6-5-9(17(19)20)12(15-10)16(2)7-11(18)14-8-3-4-8/h5-6,8H,3-4,7H2,1-2H3,(H,13,15)(H,14,18). The quantitative estimate of drug-likeness (QED) is 0.588. The molecule has 2 N–H and O–H groups in total. The second kappa shape index (κ2) is 5.72. The van der Waals surface area contributed by atoms with Crippen LogP contribution in [0.5, 0.6) is 0 Å². The molecule has 8 nitrogen and oxygen atoms in total. The molecule has 1 heterocycles. The van der Waals surface area contributed by atoms with E-state index in [1.807, 2.05) is 0 Å². The summed E-state index contributed by atoms with van der Waals surface area (Å²) in [4.78, 5) is 27.9. The smallest absolute Gasteiger partial charge is 0.311 e. The second-order valence-electron chi connectivity index (χ2n) is 4.74. The molecule has 1 fully saturated rings. The molecule has 8 heteroatoms. The van der Waals surface area contributed by atoms with Gasteiger partial charge in [0.2, 0.25) is 11.7 Å². The average molecular weight is 279 g/mol. The van der Waals surface area contributed by atoms with Crippen LogP contribution in [-0.2, 0) is 4.79 Å².